The van der Waals surface area contributed by atoms with Crippen molar-refractivity contribution in [2.24, 2.45) is 0 Å². The van der Waals surface area contributed by atoms with E-state index in [-0.39, 0.29) is 25.1 Å². The normalized spacial score (nSPS) is 13.7. The lowest BCUT2D eigenvalue weighted by atomic mass is 10.0. The molecule has 0 aromatic rings. The fourth-order valence-corrected chi connectivity index (χ4v) is 10.5. The van der Waals surface area contributed by atoms with E-state index in [0.29, 0.717) is 23.9 Å². The van der Waals surface area contributed by atoms with Crippen molar-refractivity contribution in [1.82, 2.24) is 5.32 Å². The van der Waals surface area contributed by atoms with Gasteiger partial charge < -0.3 is 19.4 Å². The van der Waals surface area contributed by atoms with Gasteiger partial charge in [0.1, 0.15) is 19.3 Å². The highest BCUT2D eigenvalue weighted by molar-refractivity contribution is 7.47. The Balaban J connectivity index is 5.15. The molecule has 0 saturated carbocycles. The standard InChI is InChI=1S/C63H125N2O7P/c1-7-10-13-16-19-22-25-28-29-30-31-32-33-34-35-38-40-43-46-49-52-55-62(66)64-60(59-71-73(68,69)70-58-57-65(4,5)6)61(54-51-48-45-42-39-36-26-23-20-17-14-11-8-2)72-63(67)56-53-50-47-44-41-37-27-24-21-18-15-12-9-3/h51,54,60-61H,7-50,52-53,55-59H2,1-6H3,(H-,64,66,68,69)/p+1/b54-51+. The minimum atomic E-state index is -4.44. The van der Waals surface area contributed by atoms with Gasteiger partial charge in [0.2, 0.25) is 5.91 Å². The zero-order valence-electron chi connectivity index (χ0n) is 49.7. The van der Waals surface area contributed by atoms with E-state index in [9.17, 15) is 19.0 Å². The first-order valence-corrected chi connectivity index (χ1v) is 33.5. The summed E-state index contributed by atoms with van der Waals surface area (Å²) in [5.41, 5.74) is 0. The summed E-state index contributed by atoms with van der Waals surface area (Å²) in [5.74, 6) is -0.483. The van der Waals surface area contributed by atoms with E-state index in [1.165, 1.54) is 238 Å². The fraction of sp³-hybridized carbons (Fsp3) is 0.937. The average Bonchev–Trinajstić information content (AvgIpc) is 3.35. The number of amides is 1. The molecule has 0 heterocycles. The number of rotatable bonds is 59. The number of phosphoric ester groups is 1. The molecule has 0 bridgehead atoms. The summed E-state index contributed by atoms with van der Waals surface area (Å²) in [6.07, 6.45) is 62.0. The molecule has 0 saturated heterocycles. The Labute approximate surface area is 454 Å². The van der Waals surface area contributed by atoms with Crippen LogP contribution in [0.1, 0.15) is 329 Å². The number of quaternary nitrogens is 1. The van der Waals surface area contributed by atoms with Crippen LogP contribution in [0.15, 0.2) is 12.2 Å². The molecule has 0 aromatic carbocycles. The number of unbranched alkanes of at least 4 members (excludes halogenated alkanes) is 43. The fourth-order valence-electron chi connectivity index (χ4n) is 9.77. The van der Waals surface area contributed by atoms with E-state index in [2.05, 4.69) is 26.1 Å². The van der Waals surface area contributed by atoms with Gasteiger partial charge in [-0.1, -0.05) is 297 Å². The Morgan fingerprint density at radius 2 is 0.781 bits per heavy atom. The average molecular weight is 1050 g/mol. The zero-order chi connectivity index (χ0) is 53.6. The molecule has 0 radical (unpaired) electrons. The molecular weight excluding hydrogens is 928 g/mol. The number of nitrogens with zero attached hydrogens (tertiary/aromatic N) is 1. The highest BCUT2D eigenvalue weighted by atomic mass is 31.2. The number of esters is 1. The summed E-state index contributed by atoms with van der Waals surface area (Å²) in [6.45, 7) is 7.07. The van der Waals surface area contributed by atoms with Crippen LogP contribution in [0.25, 0.3) is 0 Å². The van der Waals surface area contributed by atoms with Crippen LogP contribution in [0.3, 0.4) is 0 Å². The molecule has 10 heteroatoms. The van der Waals surface area contributed by atoms with Crippen molar-refractivity contribution in [3.8, 4) is 0 Å². The Hall–Kier alpha value is -1.25. The molecule has 2 N–H and O–H groups in total. The third-order valence-electron chi connectivity index (χ3n) is 14.7. The maximum atomic E-state index is 13.6. The molecule has 73 heavy (non-hydrogen) atoms. The molecule has 0 aliphatic heterocycles. The van der Waals surface area contributed by atoms with E-state index in [1.807, 2.05) is 33.3 Å². The maximum absolute atomic E-state index is 13.6. The van der Waals surface area contributed by atoms with Crippen molar-refractivity contribution in [2.75, 3.05) is 40.9 Å². The van der Waals surface area contributed by atoms with Crippen LogP contribution in [-0.4, -0.2) is 74.3 Å². The second-order valence-corrected chi connectivity index (χ2v) is 24.8. The van der Waals surface area contributed by atoms with Crippen LogP contribution < -0.4 is 5.32 Å². The quantitative estimate of drug-likeness (QED) is 0.0205. The van der Waals surface area contributed by atoms with Crippen LogP contribution in [0.2, 0.25) is 0 Å². The van der Waals surface area contributed by atoms with Gasteiger partial charge in [0.05, 0.1) is 33.8 Å². The van der Waals surface area contributed by atoms with Crippen LogP contribution in [-0.2, 0) is 27.9 Å². The third-order valence-corrected chi connectivity index (χ3v) is 15.7. The van der Waals surface area contributed by atoms with Gasteiger partial charge in [-0.05, 0) is 31.8 Å². The predicted octanol–water partition coefficient (Wildman–Crippen LogP) is 19.6. The van der Waals surface area contributed by atoms with Crippen molar-refractivity contribution in [3.05, 3.63) is 12.2 Å². The number of nitrogens with one attached hydrogen (secondary N) is 1. The molecule has 9 nitrogen and oxygen atoms in total. The summed E-state index contributed by atoms with van der Waals surface area (Å²) in [6, 6.07) is -0.839. The van der Waals surface area contributed by atoms with Crippen LogP contribution in [0.4, 0.5) is 0 Å². The topological polar surface area (TPSA) is 111 Å². The van der Waals surface area contributed by atoms with Crippen molar-refractivity contribution < 1.29 is 37.3 Å². The van der Waals surface area contributed by atoms with Gasteiger partial charge in [0.25, 0.3) is 0 Å². The highest BCUT2D eigenvalue weighted by Gasteiger charge is 2.30. The zero-order valence-corrected chi connectivity index (χ0v) is 50.6. The number of hydrogen-bond acceptors (Lipinski definition) is 6. The summed E-state index contributed by atoms with van der Waals surface area (Å²) in [7, 11) is 1.52. The number of allylic oxidation sites excluding steroid dienone is 1. The highest BCUT2D eigenvalue weighted by Crippen LogP contribution is 2.43. The lowest BCUT2D eigenvalue weighted by Crippen LogP contribution is -2.47. The monoisotopic (exact) mass is 1050 g/mol. The lowest BCUT2D eigenvalue weighted by Gasteiger charge is -2.27. The summed E-state index contributed by atoms with van der Waals surface area (Å²) in [5, 5.41) is 3.07. The molecule has 0 aromatic heterocycles. The van der Waals surface area contributed by atoms with E-state index < -0.39 is 20.0 Å². The predicted molar refractivity (Wildman–Crippen MR) is 314 cm³/mol. The van der Waals surface area contributed by atoms with E-state index in [0.717, 1.165) is 57.8 Å². The molecule has 1 amide bonds. The number of phosphoric acid groups is 1. The van der Waals surface area contributed by atoms with Crippen molar-refractivity contribution in [2.45, 2.75) is 341 Å². The van der Waals surface area contributed by atoms with Gasteiger partial charge in [-0.3, -0.25) is 18.6 Å². The lowest BCUT2D eigenvalue weighted by molar-refractivity contribution is -0.870. The second-order valence-electron chi connectivity index (χ2n) is 23.3. The molecule has 0 rings (SSSR count). The molecule has 3 unspecified atom stereocenters. The van der Waals surface area contributed by atoms with Crippen LogP contribution in [0, 0.1) is 0 Å². The van der Waals surface area contributed by atoms with E-state index in [1.54, 1.807) is 0 Å². The minimum Gasteiger partial charge on any atom is -0.456 e. The Morgan fingerprint density at radius 3 is 1.12 bits per heavy atom. The molecule has 3 atom stereocenters. The second kappa shape index (κ2) is 54.1. The molecule has 434 valence electrons. The molecule has 0 aliphatic carbocycles. The summed E-state index contributed by atoms with van der Waals surface area (Å²) < 4.78 is 30.7. The first-order valence-electron chi connectivity index (χ1n) is 32.0. The summed E-state index contributed by atoms with van der Waals surface area (Å²) >= 11 is 0. The number of likely N-dealkylation sites (N-methyl/N-ethyl adjacent to an activating group) is 1. The molecule has 0 spiro atoms. The van der Waals surface area contributed by atoms with Crippen LogP contribution in [0.5, 0.6) is 0 Å². The first-order chi connectivity index (χ1) is 35.4. The number of hydrogen-bond donors (Lipinski definition) is 2. The van der Waals surface area contributed by atoms with Gasteiger partial charge in [0.15, 0.2) is 0 Å². The van der Waals surface area contributed by atoms with Gasteiger partial charge in [-0.2, -0.15) is 0 Å². The molecular formula is C63H126N2O7P+. The third kappa shape index (κ3) is 55.3. The maximum Gasteiger partial charge on any atom is 0.472 e. The van der Waals surface area contributed by atoms with Gasteiger partial charge in [-0.15, -0.1) is 0 Å². The van der Waals surface area contributed by atoms with Gasteiger partial charge in [0, 0.05) is 12.8 Å². The summed E-state index contributed by atoms with van der Waals surface area (Å²) in [4.78, 5) is 37.7. The van der Waals surface area contributed by atoms with Crippen LogP contribution >= 0.6 is 7.82 Å². The van der Waals surface area contributed by atoms with Crippen molar-refractivity contribution in [1.29, 1.82) is 0 Å². The molecule has 0 fully saturated rings. The number of carbonyl (C=O) groups excluding carboxylic acids is 2. The van der Waals surface area contributed by atoms with E-state index in [4.69, 9.17) is 13.8 Å². The van der Waals surface area contributed by atoms with E-state index >= 15 is 0 Å². The van der Waals surface area contributed by atoms with Crippen molar-refractivity contribution >= 4 is 19.7 Å². The van der Waals surface area contributed by atoms with Gasteiger partial charge in [-0.25, -0.2) is 4.57 Å². The largest absolute Gasteiger partial charge is 0.472 e. The molecule has 0 aliphatic rings. The Kier molecular flexibility index (Phi) is 53.2. The SMILES string of the molecule is CCCCCCCCCCCCC/C=C/C(OC(=O)CCCCCCCCCCCCCCC)C(COP(=O)(O)OCC[N+](C)(C)C)NC(=O)CCCCCCCCCCCCCCCCCCCCCCC. The Morgan fingerprint density at radius 1 is 0.466 bits per heavy atom. The first kappa shape index (κ1) is 71.8. The minimum absolute atomic E-state index is 0.0458. The van der Waals surface area contributed by atoms with Crippen molar-refractivity contribution in [3.63, 3.8) is 0 Å². The Bertz CT molecular complexity index is 1260. The number of carbonyl (C=O) groups is 2. The smallest absolute Gasteiger partial charge is 0.456 e. The number of ether oxygens (including phenoxy) is 1. The van der Waals surface area contributed by atoms with Gasteiger partial charge >= 0.3 is 13.8 Å².